The largest absolute Gasteiger partial charge is 0.376 e. The minimum absolute atomic E-state index is 0.0316. The molecule has 1 saturated carbocycles. The van der Waals surface area contributed by atoms with Gasteiger partial charge in [0, 0.05) is 26.6 Å². The monoisotopic (exact) mass is 268 g/mol. The second-order valence-electron chi connectivity index (χ2n) is 6.04. The minimum Gasteiger partial charge on any atom is -0.376 e. The van der Waals surface area contributed by atoms with Gasteiger partial charge in [0.15, 0.2) is 0 Å². The van der Waals surface area contributed by atoms with Crippen LogP contribution in [0.5, 0.6) is 0 Å². The SMILES string of the molecule is COC1(CN2CCC(=O)NC(C(C)C)C2=O)CCC1. The van der Waals surface area contributed by atoms with E-state index >= 15 is 0 Å². The molecule has 0 radical (unpaired) electrons. The molecule has 5 nitrogen and oxygen atoms in total. The first-order chi connectivity index (χ1) is 8.97. The van der Waals surface area contributed by atoms with Crippen LogP contribution in [-0.2, 0) is 14.3 Å². The van der Waals surface area contributed by atoms with Crippen LogP contribution in [0.25, 0.3) is 0 Å². The van der Waals surface area contributed by atoms with Crippen LogP contribution in [0.15, 0.2) is 0 Å². The van der Waals surface area contributed by atoms with Crippen LogP contribution in [0.2, 0.25) is 0 Å². The van der Waals surface area contributed by atoms with E-state index in [0.29, 0.717) is 19.5 Å². The van der Waals surface area contributed by atoms with E-state index in [1.165, 1.54) is 0 Å². The number of hydrogen-bond donors (Lipinski definition) is 1. The van der Waals surface area contributed by atoms with Gasteiger partial charge in [0.05, 0.1) is 5.60 Å². The normalized spacial score (nSPS) is 26.9. The van der Waals surface area contributed by atoms with Crippen molar-refractivity contribution in [1.29, 1.82) is 0 Å². The van der Waals surface area contributed by atoms with Crippen molar-refractivity contribution in [2.45, 2.75) is 51.2 Å². The molecule has 2 rings (SSSR count). The minimum atomic E-state index is -0.399. The van der Waals surface area contributed by atoms with Gasteiger partial charge in [-0.25, -0.2) is 0 Å². The smallest absolute Gasteiger partial charge is 0.245 e. The van der Waals surface area contributed by atoms with Crippen LogP contribution in [0.4, 0.5) is 0 Å². The van der Waals surface area contributed by atoms with Gasteiger partial charge in [-0.05, 0) is 25.2 Å². The zero-order valence-electron chi connectivity index (χ0n) is 12.1. The lowest BCUT2D eigenvalue weighted by Crippen LogP contribution is -2.54. The zero-order chi connectivity index (χ0) is 14.0. The lowest BCUT2D eigenvalue weighted by atomic mass is 9.79. The van der Waals surface area contributed by atoms with Crippen LogP contribution in [0, 0.1) is 5.92 Å². The molecule has 2 fully saturated rings. The first kappa shape index (κ1) is 14.3. The van der Waals surface area contributed by atoms with E-state index in [9.17, 15) is 9.59 Å². The lowest BCUT2D eigenvalue weighted by molar-refractivity contribution is -0.143. The molecule has 0 bridgehead atoms. The highest BCUT2D eigenvalue weighted by Crippen LogP contribution is 2.36. The summed E-state index contributed by atoms with van der Waals surface area (Å²) in [5.41, 5.74) is -0.176. The predicted octanol–water partition coefficient (Wildman–Crippen LogP) is 0.929. The first-order valence-corrected chi connectivity index (χ1v) is 7.11. The maximum absolute atomic E-state index is 12.5. The number of methoxy groups -OCH3 is 1. The molecule has 1 heterocycles. The van der Waals surface area contributed by atoms with Gasteiger partial charge < -0.3 is 15.0 Å². The van der Waals surface area contributed by atoms with E-state index in [2.05, 4.69) is 5.32 Å². The number of nitrogens with one attached hydrogen (secondary N) is 1. The molecule has 2 aliphatic rings. The van der Waals surface area contributed by atoms with E-state index < -0.39 is 6.04 Å². The summed E-state index contributed by atoms with van der Waals surface area (Å²) in [5, 5.41) is 2.83. The number of carbonyl (C=O) groups is 2. The number of carbonyl (C=O) groups excluding carboxylic acids is 2. The number of nitrogens with zero attached hydrogens (tertiary/aromatic N) is 1. The molecule has 19 heavy (non-hydrogen) atoms. The number of amides is 2. The fourth-order valence-corrected chi connectivity index (χ4v) is 2.81. The van der Waals surface area contributed by atoms with E-state index in [4.69, 9.17) is 4.74 Å². The van der Waals surface area contributed by atoms with Crippen molar-refractivity contribution in [3.8, 4) is 0 Å². The van der Waals surface area contributed by atoms with Crippen molar-refractivity contribution < 1.29 is 14.3 Å². The lowest BCUT2D eigenvalue weighted by Gasteiger charge is -2.44. The van der Waals surface area contributed by atoms with E-state index in [1.54, 1.807) is 7.11 Å². The van der Waals surface area contributed by atoms with Crippen LogP contribution in [0.3, 0.4) is 0 Å². The molecule has 0 aromatic carbocycles. The Morgan fingerprint density at radius 3 is 2.58 bits per heavy atom. The zero-order valence-corrected chi connectivity index (χ0v) is 12.1. The second kappa shape index (κ2) is 5.49. The maximum atomic E-state index is 12.5. The topological polar surface area (TPSA) is 58.6 Å². The molecule has 5 heteroatoms. The third-order valence-corrected chi connectivity index (χ3v) is 4.35. The molecule has 0 aromatic heterocycles. The third kappa shape index (κ3) is 2.91. The quantitative estimate of drug-likeness (QED) is 0.825. The van der Waals surface area contributed by atoms with Gasteiger partial charge in [-0.1, -0.05) is 13.8 Å². The Hall–Kier alpha value is -1.10. The van der Waals surface area contributed by atoms with Crippen molar-refractivity contribution in [2.75, 3.05) is 20.2 Å². The molecule has 0 spiro atoms. The summed E-state index contributed by atoms with van der Waals surface area (Å²) in [4.78, 5) is 26.0. The van der Waals surface area contributed by atoms with Gasteiger partial charge in [-0.15, -0.1) is 0 Å². The second-order valence-corrected chi connectivity index (χ2v) is 6.04. The highest BCUT2D eigenvalue weighted by atomic mass is 16.5. The fourth-order valence-electron chi connectivity index (χ4n) is 2.81. The Kier molecular flexibility index (Phi) is 4.13. The summed E-state index contributed by atoms with van der Waals surface area (Å²) in [6.45, 7) is 5.03. The van der Waals surface area contributed by atoms with Crippen molar-refractivity contribution in [2.24, 2.45) is 5.92 Å². The molecule has 2 amide bonds. The van der Waals surface area contributed by atoms with Gasteiger partial charge in [-0.2, -0.15) is 0 Å². The van der Waals surface area contributed by atoms with Gasteiger partial charge in [-0.3, -0.25) is 9.59 Å². The summed E-state index contributed by atoms with van der Waals surface area (Å²) < 4.78 is 5.59. The molecule has 1 atom stereocenters. The molecule has 1 aliphatic carbocycles. The molecule has 1 aliphatic heterocycles. The molecule has 1 saturated heterocycles. The highest BCUT2D eigenvalue weighted by molar-refractivity contribution is 5.90. The molecular formula is C14H24N2O3. The number of ether oxygens (including phenoxy) is 1. The van der Waals surface area contributed by atoms with E-state index in [-0.39, 0.29) is 23.3 Å². The summed E-state index contributed by atoms with van der Waals surface area (Å²) in [7, 11) is 1.71. The summed E-state index contributed by atoms with van der Waals surface area (Å²) in [6, 6.07) is -0.399. The van der Waals surface area contributed by atoms with E-state index in [1.807, 2.05) is 18.7 Å². The number of hydrogen-bond acceptors (Lipinski definition) is 3. The van der Waals surface area contributed by atoms with Gasteiger partial charge in [0.2, 0.25) is 11.8 Å². The van der Waals surface area contributed by atoms with Crippen molar-refractivity contribution in [1.82, 2.24) is 10.2 Å². The molecule has 1 unspecified atom stereocenters. The van der Waals surface area contributed by atoms with Crippen LogP contribution >= 0.6 is 0 Å². The molecule has 1 N–H and O–H groups in total. The Morgan fingerprint density at radius 1 is 1.42 bits per heavy atom. The van der Waals surface area contributed by atoms with Gasteiger partial charge >= 0.3 is 0 Å². The van der Waals surface area contributed by atoms with Crippen LogP contribution < -0.4 is 5.32 Å². The van der Waals surface area contributed by atoms with Crippen molar-refractivity contribution >= 4 is 11.8 Å². The summed E-state index contributed by atoms with van der Waals surface area (Å²) in [6.07, 6.45) is 3.54. The Bertz CT molecular complexity index is 358. The Labute approximate surface area is 114 Å². The average molecular weight is 268 g/mol. The Balaban J connectivity index is 2.10. The van der Waals surface area contributed by atoms with Crippen molar-refractivity contribution in [3.63, 3.8) is 0 Å². The molecular weight excluding hydrogens is 244 g/mol. The third-order valence-electron chi connectivity index (χ3n) is 4.35. The number of rotatable bonds is 4. The fraction of sp³-hybridized carbons (Fsp3) is 0.857. The van der Waals surface area contributed by atoms with Crippen LogP contribution in [-0.4, -0.2) is 48.6 Å². The van der Waals surface area contributed by atoms with Crippen molar-refractivity contribution in [3.05, 3.63) is 0 Å². The van der Waals surface area contributed by atoms with Gasteiger partial charge in [0.25, 0.3) is 0 Å². The average Bonchev–Trinajstić information content (AvgIpc) is 2.46. The summed E-state index contributed by atoms with van der Waals surface area (Å²) in [5.74, 6) is 0.107. The maximum Gasteiger partial charge on any atom is 0.245 e. The van der Waals surface area contributed by atoms with Crippen LogP contribution in [0.1, 0.15) is 39.5 Å². The molecule has 108 valence electrons. The Morgan fingerprint density at radius 2 is 2.11 bits per heavy atom. The van der Waals surface area contributed by atoms with E-state index in [0.717, 1.165) is 19.3 Å². The highest BCUT2D eigenvalue weighted by Gasteiger charge is 2.42. The summed E-state index contributed by atoms with van der Waals surface area (Å²) >= 11 is 0. The molecule has 0 aromatic rings. The first-order valence-electron chi connectivity index (χ1n) is 7.11. The standard InChI is InChI=1S/C14H24N2O3/c1-10(2)12-13(18)16(8-5-11(17)15-12)9-14(19-3)6-4-7-14/h10,12H,4-9H2,1-3H3,(H,15,17). The van der Waals surface area contributed by atoms with Gasteiger partial charge in [0.1, 0.15) is 6.04 Å². The predicted molar refractivity (Wildman–Crippen MR) is 71.6 cm³/mol.